The van der Waals surface area contributed by atoms with Crippen molar-refractivity contribution in [3.05, 3.63) is 71.5 Å². The summed E-state index contributed by atoms with van der Waals surface area (Å²) in [4.78, 5) is 11.3. The molecule has 6 heteroatoms. The van der Waals surface area contributed by atoms with E-state index in [0.717, 1.165) is 39.7 Å². The number of furan rings is 1. The largest absolute Gasteiger partial charge is 0.497 e. The van der Waals surface area contributed by atoms with Gasteiger partial charge in [-0.25, -0.2) is 0 Å². The number of rotatable bonds is 9. The van der Waals surface area contributed by atoms with E-state index in [9.17, 15) is 9.90 Å². The van der Waals surface area contributed by atoms with Crippen LogP contribution in [0.3, 0.4) is 0 Å². The molecule has 0 aliphatic rings. The lowest BCUT2D eigenvalue weighted by Gasteiger charge is -2.18. The number of hydrogen-bond donors (Lipinski definition) is 1. The van der Waals surface area contributed by atoms with Crippen LogP contribution in [0.1, 0.15) is 30.7 Å². The smallest absolute Gasteiger partial charge is 0.319 e. The molecule has 30 heavy (non-hydrogen) atoms. The summed E-state index contributed by atoms with van der Waals surface area (Å²) in [6.07, 6.45) is 0. The molecule has 1 heterocycles. The van der Waals surface area contributed by atoms with Crippen LogP contribution in [0, 0.1) is 6.92 Å². The third kappa shape index (κ3) is 5.39. The molecule has 0 aliphatic heterocycles. The molecule has 2 aromatic carbocycles. The van der Waals surface area contributed by atoms with Gasteiger partial charge in [0, 0.05) is 16.9 Å². The molecule has 0 amide bonds. The predicted octanol–water partition coefficient (Wildman–Crippen LogP) is 5.94. The second-order valence-electron chi connectivity index (χ2n) is 7.46. The highest BCUT2D eigenvalue weighted by molar-refractivity contribution is 8.00. The molecule has 0 spiro atoms. The third-order valence-electron chi connectivity index (χ3n) is 4.80. The van der Waals surface area contributed by atoms with E-state index in [4.69, 9.17) is 13.9 Å². The van der Waals surface area contributed by atoms with Crippen LogP contribution < -0.4 is 9.47 Å². The average molecular weight is 427 g/mol. The van der Waals surface area contributed by atoms with Crippen molar-refractivity contribution in [1.29, 1.82) is 0 Å². The summed E-state index contributed by atoms with van der Waals surface area (Å²) in [6, 6.07) is 17.5. The lowest BCUT2D eigenvalue weighted by molar-refractivity contribution is -0.138. The van der Waals surface area contributed by atoms with Gasteiger partial charge >= 0.3 is 5.97 Å². The first kappa shape index (κ1) is 21.8. The van der Waals surface area contributed by atoms with E-state index < -0.39 is 10.7 Å². The van der Waals surface area contributed by atoms with Gasteiger partial charge in [0.2, 0.25) is 0 Å². The van der Waals surface area contributed by atoms with Crippen molar-refractivity contribution in [2.24, 2.45) is 0 Å². The molecule has 0 saturated heterocycles. The quantitative estimate of drug-likeness (QED) is 0.457. The van der Waals surface area contributed by atoms with Crippen LogP contribution in [-0.2, 0) is 17.2 Å². The number of ether oxygens (including phenoxy) is 2. The molecule has 0 saturated carbocycles. The Morgan fingerprint density at radius 2 is 1.83 bits per heavy atom. The summed E-state index contributed by atoms with van der Waals surface area (Å²) in [6.45, 7) is 5.74. The van der Waals surface area contributed by atoms with Gasteiger partial charge in [0.05, 0.1) is 7.11 Å². The molecule has 5 nitrogen and oxygen atoms in total. The SMILES string of the molecule is COc1ccc(-c2cc(COc3cccc(CSC(C)(C)C(=O)O)c3)c(C)o2)cc1. The molecule has 3 rings (SSSR count). The predicted molar refractivity (Wildman–Crippen MR) is 119 cm³/mol. The van der Waals surface area contributed by atoms with Crippen molar-refractivity contribution in [3.63, 3.8) is 0 Å². The molecule has 0 fully saturated rings. The first-order valence-corrected chi connectivity index (χ1v) is 10.6. The lowest BCUT2D eigenvalue weighted by atomic mass is 10.1. The van der Waals surface area contributed by atoms with Crippen LogP contribution in [0.4, 0.5) is 0 Å². The normalized spacial score (nSPS) is 11.3. The minimum absolute atomic E-state index is 0.392. The van der Waals surface area contributed by atoms with Crippen molar-refractivity contribution in [1.82, 2.24) is 0 Å². The number of carbonyl (C=O) groups is 1. The summed E-state index contributed by atoms with van der Waals surface area (Å²) in [5.41, 5.74) is 2.98. The fraction of sp³-hybridized carbons (Fsp3) is 0.292. The molecule has 158 valence electrons. The summed E-state index contributed by atoms with van der Waals surface area (Å²) < 4.78 is 16.2. The zero-order valence-electron chi connectivity index (χ0n) is 17.6. The van der Waals surface area contributed by atoms with Crippen LogP contribution in [0.25, 0.3) is 11.3 Å². The molecular weight excluding hydrogens is 400 g/mol. The van der Waals surface area contributed by atoms with Crippen molar-refractivity contribution < 1.29 is 23.8 Å². The fourth-order valence-corrected chi connectivity index (χ4v) is 3.60. The van der Waals surface area contributed by atoms with E-state index >= 15 is 0 Å². The Morgan fingerprint density at radius 3 is 2.50 bits per heavy atom. The van der Waals surface area contributed by atoms with Crippen molar-refractivity contribution in [2.45, 2.75) is 37.9 Å². The third-order valence-corrected chi connectivity index (χ3v) is 6.18. The van der Waals surface area contributed by atoms with Crippen molar-refractivity contribution in [2.75, 3.05) is 7.11 Å². The molecule has 1 aromatic heterocycles. The van der Waals surface area contributed by atoms with Gasteiger partial charge in [0.25, 0.3) is 0 Å². The standard InChI is InChI=1S/C24H26O5S/c1-16-19(13-22(29-16)18-8-10-20(27-4)11-9-18)14-28-21-7-5-6-17(12-21)15-30-24(2,3)23(25)26/h5-13H,14-15H2,1-4H3,(H,25,26). The Balaban J connectivity index is 1.64. The molecule has 1 N–H and O–H groups in total. The molecule has 0 aliphatic carbocycles. The Labute approximate surface area is 181 Å². The second-order valence-corrected chi connectivity index (χ2v) is 9.06. The number of benzene rings is 2. The van der Waals surface area contributed by atoms with Gasteiger partial charge in [0.15, 0.2) is 0 Å². The fourth-order valence-electron chi connectivity index (χ4n) is 2.77. The van der Waals surface area contributed by atoms with Crippen LogP contribution in [-0.4, -0.2) is 22.9 Å². The number of aliphatic carboxylic acids is 1. The first-order valence-electron chi connectivity index (χ1n) is 9.61. The van der Waals surface area contributed by atoms with Crippen LogP contribution >= 0.6 is 11.8 Å². The minimum Gasteiger partial charge on any atom is -0.497 e. The van der Waals surface area contributed by atoms with E-state index in [1.807, 2.05) is 61.5 Å². The molecular formula is C24H26O5S. The van der Waals surface area contributed by atoms with Gasteiger partial charge in [-0.05, 0) is 68.8 Å². The zero-order valence-corrected chi connectivity index (χ0v) is 18.4. The number of hydrogen-bond acceptors (Lipinski definition) is 5. The summed E-state index contributed by atoms with van der Waals surface area (Å²) >= 11 is 1.39. The van der Waals surface area contributed by atoms with Gasteiger partial charge in [-0.1, -0.05) is 12.1 Å². The average Bonchev–Trinajstić information content (AvgIpc) is 3.11. The monoisotopic (exact) mass is 426 g/mol. The number of methoxy groups -OCH3 is 1. The highest BCUT2D eigenvalue weighted by Gasteiger charge is 2.27. The van der Waals surface area contributed by atoms with Gasteiger partial charge < -0.3 is 19.0 Å². The van der Waals surface area contributed by atoms with E-state index in [1.54, 1.807) is 21.0 Å². The molecule has 0 unspecified atom stereocenters. The Morgan fingerprint density at radius 1 is 1.10 bits per heavy atom. The zero-order chi connectivity index (χ0) is 21.7. The second kappa shape index (κ2) is 9.30. The maximum absolute atomic E-state index is 11.3. The maximum Gasteiger partial charge on any atom is 0.319 e. The van der Waals surface area contributed by atoms with E-state index in [0.29, 0.717) is 12.4 Å². The topological polar surface area (TPSA) is 68.9 Å². The van der Waals surface area contributed by atoms with Crippen molar-refractivity contribution >= 4 is 17.7 Å². The minimum atomic E-state index is -0.831. The highest BCUT2D eigenvalue weighted by Crippen LogP contribution is 2.30. The highest BCUT2D eigenvalue weighted by atomic mass is 32.2. The molecule has 0 radical (unpaired) electrons. The van der Waals surface area contributed by atoms with Gasteiger partial charge in [-0.2, -0.15) is 0 Å². The molecule has 0 atom stereocenters. The summed E-state index contributed by atoms with van der Waals surface area (Å²) in [5, 5.41) is 9.26. The van der Waals surface area contributed by atoms with E-state index in [1.165, 1.54) is 11.8 Å². The maximum atomic E-state index is 11.3. The van der Waals surface area contributed by atoms with Crippen molar-refractivity contribution in [3.8, 4) is 22.8 Å². The molecule has 3 aromatic rings. The van der Waals surface area contributed by atoms with Gasteiger partial charge in [-0.3, -0.25) is 4.79 Å². The number of aryl methyl sites for hydroxylation is 1. The van der Waals surface area contributed by atoms with Crippen LogP contribution in [0.2, 0.25) is 0 Å². The number of thioether (sulfide) groups is 1. The van der Waals surface area contributed by atoms with Crippen LogP contribution in [0.15, 0.2) is 59.0 Å². The summed E-state index contributed by atoms with van der Waals surface area (Å²) in [5.74, 6) is 2.93. The van der Waals surface area contributed by atoms with Gasteiger partial charge in [0.1, 0.15) is 34.4 Å². The lowest BCUT2D eigenvalue weighted by Crippen LogP contribution is -2.27. The van der Waals surface area contributed by atoms with Gasteiger partial charge in [-0.15, -0.1) is 11.8 Å². The number of carboxylic acids is 1. The first-order chi connectivity index (χ1) is 14.3. The molecule has 0 bridgehead atoms. The van der Waals surface area contributed by atoms with E-state index in [2.05, 4.69) is 0 Å². The Hall–Kier alpha value is -2.86. The number of carboxylic acid groups (broad SMARTS) is 1. The van der Waals surface area contributed by atoms with Crippen LogP contribution in [0.5, 0.6) is 11.5 Å². The Kier molecular flexibility index (Phi) is 6.77. The van der Waals surface area contributed by atoms with E-state index in [-0.39, 0.29) is 0 Å². The Bertz CT molecular complexity index is 1000. The summed E-state index contributed by atoms with van der Waals surface area (Å²) in [7, 11) is 1.64.